The molecular weight excluding hydrogens is 877 g/mol. The molecule has 7 N–H and O–H groups in total. The fraction of sp³-hybridized carbons (Fsp3) is 0.633. The van der Waals surface area contributed by atoms with Gasteiger partial charge in [-0.05, 0) is 62.2 Å². The van der Waals surface area contributed by atoms with Crippen molar-refractivity contribution in [1.29, 1.82) is 0 Å². The second-order valence-electron chi connectivity index (χ2n) is 18.9. The minimum absolute atomic E-state index is 0.0556. The molecule has 1 fully saturated rings. The molecule has 9 unspecified atom stereocenters. The average Bonchev–Trinajstić information content (AvgIpc) is 4.03. The Morgan fingerprint density at radius 3 is 2.16 bits per heavy atom. The van der Waals surface area contributed by atoms with Crippen LogP contribution in [0.25, 0.3) is 10.9 Å². The van der Waals surface area contributed by atoms with Crippen LogP contribution in [0.1, 0.15) is 92.6 Å². The SMILES string of the molecule is CCC(C)C(C(CC(=O)N1CCCC1C(OC)C(C)C(=O)NC(Cc1c[nH]c2ccccc12)C(N)=O)OC)N(C)C(=O)C(NC(=O)C(C(C)C)N(C)CCCC(=O)On1c(O)ccc1O)C(C)C. The van der Waals surface area contributed by atoms with Gasteiger partial charge in [0.2, 0.25) is 41.3 Å². The molecule has 4 rings (SSSR count). The second kappa shape index (κ2) is 25.1. The summed E-state index contributed by atoms with van der Waals surface area (Å²) in [6.07, 6.45) is 2.67. The smallest absolute Gasteiger partial charge is 0.333 e. The number of rotatable bonds is 26. The molecule has 68 heavy (non-hydrogen) atoms. The highest BCUT2D eigenvalue weighted by molar-refractivity contribution is 5.91. The van der Waals surface area contributed by atoms with Crippen molar-refractivity contribution in [3.05, 3.63) is 48.2 Å². The van der Waals surface area contributed by atoms with Crippen LogP contribution in [-0.2, 0) is 44.7 Å². The number of carbonyl (C=O) groups is 6. The van der Waals surface area contributed by atoms with Gasteiger partial charge in [0.25, 0.3) is 0 Å². The molecular formula is C49H76N8O11. The van der Waals surface area contributed by atoms with Crippen LogP contribution in [0.4, 0.5) is 0 Å². The maximum absolute atomic E-state index is 14.6. The van der Waals surface area contributed by atoms with E-state index in [-0.39, 0.29) is 54.7 Å². The van der Waals surface area contributed by atoms with Crippen LogP contribution in [0.2, 0.25) is 0 Å². The molecule has 0 aliphatic carbocycles. The zero-order valence-electron chi connectivity index (χ0n) is 41.7. The van der Waals surface area contributed by atoms with Crippen LogP contribution in [0, 0.1) is 23.7 Å². The molecule has 3 aromatic rings. The molecule has 5 amide bonds. The summed E-state index contributed by atoms with van der Waals surface area (Å²) in [6, 6.07) is 6.45. The Kier molecular flexibility index (Phi) is 20.3. The summed E-state index contributed by atoms with van der Waals surface area (Å²) in [7, 11) is 6.45. The van der Waals surface area contributed by atoms with E-state index in [0.29, 0.717) is 43.5 Å². The third-order valence-electron chi connectivity index (χ3n) is 13.5. The number of methoxy groups -OCH3 is 2. The number of fused-ring (bicyclic) bond motifs is 1. The zero-order valence-corrected chi connectivity index (χ0v) is 41.7. The number of aromatic amines is 1. The molecule has 19 heteroatoms. The molecule has 0 bridgehead atoms. The lowest BCUT2D eigenvalue weighted by molar-refractivity contribution is -0.148. The number of aromatic hydroxyl groups is 2. The van der Waals surface area contributed by atoms with Gasteiger partial charge < -0.3 is 55.7 Å². The van der Waals surface area contributed by atoms with E-state index in [4.69, 9.17) is 20.0 Å². The number of primary amides is 1. The highest BCUT2D eigenvalue weighted by Gasteiger charge is 2.43. The Labute approximate surface area is 400 Å². The van der Waals surface area contributed by atoms with Gasteiger partial charge in [-0.1, -0.05) is 73.1 Å². The van der Waals surface area contributed by atoms with E-state index in [0.717, 1.165) is 16.5 Å². The van der Waals surface area contributed by atoms with Crippen molar-refractivity contribution in [3.8, 4) is 11.8 Å². The van der Waals surface area contributed by atoms with Crippen LogP contribution >= 0.6 is 0 Å². The van der Waals surface area contributed by atoms with Crippen molar-refractivity contribution in [2.24, 2.45) is 29.4 Å². The highest BCUT2D eigenvalue weighted by atomic mass is 16.7. The van der Waals surface area contributed by atoms with Gasteiger partial charge in [-0.15, -0.1) is 4.73 Å². The summed E-state index contributed by atoms with van der Waals surface area (Å²) in [5.74, 6) is -4.93. The quantitative estimate of drug-likeness (QED) is 0.0678. The number of ether oxygens (including phenoxy) is 2. The number of aromatic nitrogens is 2. The zero-order chi connectivity index (χ0) is 50.6. The number of amides is 5. The van der Waals surface area contributed by atoms with Crippen LogP contribution < -0.4 is 21.2 Å². The third kappa shape index (κ3) is 13.5. The van der Waals surface area contributed by atoms with Crippen molar-refractivity contribution in [2.45, 2.75) is 136 Å². The Morgan fingerprint density at radius 1 is 0.912 bits per heavy atom. The summed E-state index contributed by atoms with van der Waals surface area (Å²) in [5.41, 5.74) is 7.53. The van der Waals surface area contributed by atoms with E-state index in [9.17, 15) is 39.0 Å². The number of likely N-dealkylation sites (N-methyl/N-ethyl adjacent to an activating group) is 2. The number of carbonyl (C=O) groups excluding carboxylic acids is 6. The van der Waals surface area contributed by atoms with Crippen molar-refractivity contribution < 1.29 is 53.3 Å². The number of H-pyrrole nitrogens is 1. The van der Waals surface area contributed by atoms with Gasteiger partial charge >= 0.3 is 5.97 Å². The van der Waals surface area contributed by atoms with E-state index in [1.54, 1.807) is 37.0 Å². The number of nitrogens with zero attached hydrogens (tertiary/aromatic N) is 4. The topological polar surface area (TPSA) is 251 Å². The molecule has 1 aliphatic rings. The minimum atomic E-state index is -0.981. The molecule has 1 aliphatic heterocycles. The fourth-order valence-electron chi connectivity index (χ4n) is 9.59. The normalized spacial score (nSPS) is 17.6. The van der Waals surface area contributed by atoms with Gasteiger partial charge in [0.05, 0.1) is 42.7 Å². The molecule has 0 saturated carbocycles. The number of benzene rings is 1. The number of nitrogens with one attached hydrogen (secondary N) is 3. The number of hydrogen-bond donors (Lipinski definition) is 6. The molecule has 0 spiro atoms. The first kappa shape index (κ1) is 54.9. The molecule has 2 aromatic heterocycles. The summed E-state index contributed by atoms with van der Waals surface area (Å²) < 4.78 is 12.6. The van der Waals surface area contributed by atoms with Crippen LogP contribution in [0.5, 0.6) is 11.8 Å². The molecule has 1 saturated heterocycles. The highest BCUT2D eigenvalue weighted by Crippen LogP contribution is 2.30. The Morgan fingerprint density at radius 2 is 1.57 bits per heavy atom. The number of nitrogens with two attached hydrogens (primary N) is 1. The fourth-order valence-corrected chi connectivity index (χ4v) is 9.59. The van der Waals surface area contributed by atoms with Crippen molar-refractivity contribution in [1.82, 2.24) is 35.0 Å². The van der Waals surface area contributed by atoms with E-state index < -0.39 is 77.9 Å². The van der Waals surface area contributed by atoms with E-state index >= 15 is 0 Å². The predicted octanol–water partition coefficient (Wildman–Crippen LogP) is 3.35. The third-order valence-corrected chi connectivity index (χ3v) is 13.5. The maximum Gasteiger partial charge on any atom is 0.333 e. The van der Waals surface area contributed by atoms with Gasteiger partial charge in [-0.3, -0.25) is 28.9 Å². The first-order chi connectivity index (χ1) is 32.2. The molecule has 9 atom stereocenters. The molecule has 3 heterocycles. The lowest BCUT2D eigenvalue weighted by atomic mass is 9.89. The monoisotopic (exact) mass is 953 g/mol. The molecule has 19 nitrogen and oxygen atoms in total. The van der Waals surface area contributed by atoms with Crippen LogP contribution in [0.3, 0.4) is 0 Å². The van der Waals surface area contributed by atoms with Crippen molar-refractivity contribution in [3.63, 3.8) is 0 Å². The van der Waals surface area contributed by atoms with Crippen molar-refractivity contribution in [2.75, 3.05) is 41.4 Å². The Bertz CT molecular complexity index is 2150. The summed E-state index contributed by atoms with van der Waals surface area (Å²) in [5, 5.41) is 26.4. The standard InChI is InChI=1S/C49H76N8O11/c1-12-30(6)44(55(9)49(65)42(28(2)3)53-48(64)43(29(4)5)54(8)23-16-20-41(61)68-57-38(58)21-22-39(57)59)37(66-10)26-40(60)56-24-15-19-36(56)45(67-11)31(7)47(63)52-35(46(50)62)25-32-27-51-34-18-14-13-17-33(32)34/h13-14,17-18,21-22,27-31,35-37,42-45,51,58-59H,12,15-16,19-20,23-26H2,1-11H3,(H2,50,62)(H,52,63)(H,53,64). The minimum Gasteiger partial charge on any atom is -0.492 e. The number of likely N-dealkylation sites (tertiary alicyclic amines) is 1. The first-order valence-electron chi connectivity index (χ1n) is 23.7. The lowest BCUT2D eigenvalue weighted by Gasteiger charge is -2.41. The summed E-state index contributed by atoms with van der Waals surface area (Å²) >= 11 is 0. The molecule has 1 aromatic carbocycles. The lowest BCUT2D eigenvalue weighted by Crippen LogP contribution is -2.60. The number of hydrogen-bond acceptors (Lipinski definition) is 12. The Hall–Kier alpha value is -5.66. The average molecular weight is 953 g/mol. The van der Waals surface area contributed by atoms with E-state index in [2.05, 4.69) is 15.6 Å². The van der Waals surface area contributed by atoms with Gasteiger partial charge in [0, 0.05) is 69.9 Å². The van der Waals surface area contributed by atoms with E-state index in [1.807, 2.05) is 70.7 Å². The van der Waals surface area contributed by atoms with E-state index in [1.165, 1.54) is 26.4 Å². The van der Waals surface area contributed by atoms with Crippen molar-refractivity contribution >= 4 is 46.4 Å². The second-order valence-corrected chi connectivity index (χ2v) is 18.9. The largest absolute Gasteiger partial charge is 0.492 e. The van der Waals surface area contributed by atoms with Gasteiger partial charge in [0.1, 0.15) is 12.1 Å². The van der Waals surface area contributed by atoms with Crippen LogP contribution in [0.15, 0.2) is 42.6 Å². The van der Waals surface area contributed by atoms with Gasteiger partial charge in [-0.2, -0.15) is 0 Å². The summed E-state index contributed by atoms with van der Waals surface area (Å²) in [4.78, 5) is 95.4. The molecule has 378 valence electrons. The first-order valence-corrected chi connectivity index (χ1v) is 23.7. The number of para-hydroxylation sites is 1. The Balaban J connectivity index is 1.43. The summed E-state index contributed by atoms with van der Waals surface area (Å²) in [6.45, 7) is 14.0. The molecule has 0 radical (unpaired) electrons. The maximum atomic E-state index is 14.6. The van der Waals surface area contributed by atoms with Gasteiger partial charge in [0.15, 0.2) is 0 Å². The predicted molar refractivity (Wildman–Crippen MR) is 256 cm³/mol. The van der Waals surface area contributed by atoms with Crippen LogP contribution in [-0.4, -0.2) is 154 Å². The van der Waals surface area contributed by atoms with Gasteiger partial charge in [-0.25, -0.2) is 4.79 Å².